The molecule has 0 aliphatic carbocycles. The summed E-state index contributed by atoms with van der Waals surface area (Å²) in [4.78, 5) is 0. The van der Waals surface area contributed by atoms with E-state index in [2.05, 4.69) is 6.92 Å². The molecule has 0 amide bonds. The zero-order chi connectivity index (χ0) is 8.27. The molecule has 0 aromatic rings. The Balaban J connectivity index is 2.46. The van der Waals surface area contributed by atoms with Crippen molar-refractivity contribution in [1.29, 1.82) is 0 Å². The van der Waals surface area contributed by atoms with Crippen LogP contribution in [0.2, 0.25) is 0 Å². The largest absolute Gasteiger partial charge is 0.392 e. The Hall–Kier alpha value is -0.0500. The number of piperidine rings is 1. The third-order valence-electron chi connectivity index (χ3n) is 2.06. The van der Waals surface area contributed by atoms with Gasteiger partial charge in [0.25, 0.3) is 0 Å². The Morgan fingerprint density at radius 1 is 1.82 bits per heavy atom. The highest BCUT2D eigenvalue weighted by molar-refractivity contribution is 6.13. The van der Waals surface area contributed by atoms with E-state index in [1.807, 2.05) is 10.5 Å². The van der Waals surface area contributed by atoms with Crippen LogP contribution in [0.5, 0.6) is 0 Å². The van der Waals surface area contributed by atoms with Crippen LogP contribution < -0.4 is 0 Å². The molecular weight excluding hydrogens is 162 g/mol. The summed E-state index contributed by atoms with van der Waals surface area (Å²) in [5.74, 6) is 0. The first kappa shape index (κ1) is 9.04. The van der Waals surface area contributed by atoms with Crippen molar-refractivity contribution in [3.8, 4) is 0 Å². The summed E-state index contributed by atoms with van der Waals surface area (Å²) in [5, 5.41) is 8.65. The van der Waals surface area contributed by atoms with E-state index in [-0.39, 0.29) is 6.61 Å². The molecule has 11 heavy (non-hydrogen) atoms. The molecule has 0 spiro atoms. The molecule has 1 saturated heterocycles. The average Bonchev–Trinajstić information content (AvgIpc) is 1.98. The lowest BCUT2D eigenvalue weighted by Crippen LogP contribution is -2.30. The normalized spacial score (nSPS) is 31.2. The molecule has 1 aliphatic rings. The van der Waals surface area contributed by atoms with Gasteiger partial charge in [-0.25, -0.2) is 4.42 Å². The van der Waals surface area contributed by atoms with Gasteiger partial charge in [-0.15, -0.1) is 0 Å². The lowest BCUT2D eigenvalue weighted by molar-refractivity contribution is 0.314. The number of hydrogen-bond acceptors (Lipinski definition) is 2. The lowest BCUT2D eigenvalue weighted by atomic mass is 10.00. The summed E-state index contributed by atoms with van der Waals surface area (Å²) in [6, 6.07) is 0.406. The van der Waals surface area contributed by atoms with Gasteiger partial charge in [-0.3, -0.25) is 0 Å². The van der Waals surface area contributed by atoms with Gasteiger partial charge in [-0.1, -0.05) is 11.6 Å². The molecule has 64 valence electrons. The molecule has 1 fully saturated rings. The molecule has 0 radical (unpaired) electrons. The van der Waals surface area contributed by atoms with E-state index in [1.165, 1.54) is 5.57 Å². The fraction of sp³-hybridized carbons (Fsp3) is 0.750. The van der Waals surface area contributed by atoms with Gasteiger partial charge in [0.05, 0.1) is 6.61 Å². The SMILES string of the molecule is CC1C/C(=C/CO)CCN1Cl. The van der Waals surface area contributed by atoms with Crippen LogP contribution in [-0.4, -0.2) is 28.7 Å². The number of aliphatic hydroxyl groups excluding tert-OH is 1. The molecule has 1 heterocycles. The minimum absolute atomic E-state index is 0.157. The first-order valence-corrected chi connectivity index (χ1v) is 4.29. The van der Waals surface area contributed by atoms with Gasteiger partial charge in [-0.05, 0) is 31.5 Å². The molecule has 1 unspecified atom stereocenters. The maximum absolute atomic E-state index is 8.65. The molecule has 1 rings (SSSR count). The average molecular weight is 176 g/mol. The maximum Gasteiger partial charge on any atom is 0.0615 e. The van der Waals surface area contributed by atoms with Crippen LogP contribution in [-0.2, 0) is 0 Å². The Labute approximate surface area is 72.6 Å². The smallest absolute Gasteiger partial charge is 0.0615 e. The Bertz CT molecular complexity index is 158. The third-order valence-corrected chi connectivity index (χ3v) is 2.56. The molecule has 0 bridgehead atoms. The summed E-state index contributed by atoms with van der Waals surface area (Å²) in [6.45, 7) is 3.15. The monoisotopic (exact) mass is 175 g/mol. The van der Waals surface area contributed by atoms with Crippen molar-refractivity contribution in [2.75, 3.05) is 13.2 Å². The molecular formula is C8H14ClNO. The van der Waals surface area contributed by atoms with Gasteiger partial charge in [-0.2, -0.15) is 0 Å². The summed E-state index contributed by atoms with van der Waals surface area (Å²) in [6.07, 6.45) is 3.87. The second-order valence-electron chi connectivity index (χ2n) is 2.97. The van der Waals surface area contributed by atoms with E-state index < -0.39 is 0 Å². The van der Waals surface area contributed by atoms with Crippen molar-refractivity contribution >= 4 is 11.8 Å². The molecule has 0 aromatic heterocycles. The molecule has 1 atom stereocenters. The lowest BCUT2D eigenvalue weighted by Gasteiger charge is -2.28. The fourth-order valence-corrected chi connectivity index (χ4v) is 1.52. The molecule has 3 heteroatoms. The highest BCUT2D eigenvalue weighted by Crippen LogP contribution is 2.22. The van der Waals surface area contributed by atoms with Gasteiger partial charge < -0.3 is 5.11 Å². The van der Waals surface area contributed by atoms with Gasteiger partial charge in [0, 0.05) is 12.6 Å². The van der Waals surface area contributed by atoms with E-state index in [4.69, 9.17) is 16.9 Å². The van der Waals surface area contributed by atoms with E-state index in [1.54, 1.807) is 0 Å². The zero-order valence-electron chi connectivity index (χ0n) is 6.76. The van der Waals surface area contributed by atoms with Crippen molar-refractivity contribution in [3.63, 3.8) is 0 Å². The van der Waals surface area contributed by atoms with Crippen LogP contribution in [0.3, 0.4) is 0 Å². The third kappa shape index (κ3) is 2.47. The number of rotatable bonds is 1. The van der Waals surface area contributed by atoms with E-state index in [9.17, 15) is 0 Å². The zero-order valence-corrected chi connectivity index (χ0v) is 7.51. The summed E-state index contributed by atoms with van der Waals surface area (Å²) < 4.78 is 1.83. The number of nitrogens with zero attached hydrogens (tertiary/aromatic N) is 1. The quantitative estimate of drug-likeness (QED) is 0.483. The maximum atomic E-state index is 8.65. The second kappa shape index (κ2) is 4.10. The number of hydrogen-bond donors (Lipinski definition) is 1. The topological polar surface area (TPSA) is 23.5 Å². The Kier molecular flexibility index (Phi) is 3.37. The standard InChI is InChI=1S/C8H14ClNO/c1-7-6-8(3-5-11)2-4-10(7)9/h3,7,11H,2,4-6H2,1H3/b8-3+. The van der Waals surface area contributed by atoms with Crippen LogP contribution in [0, 0.1) is 0 Å². The van der Waals surface area contributed by atoms with Crippen LogP contribution in [0.25, 0.3) is 0 Å². The van der Waals surface area contributed by atoms with Gasteiger partial charge in [0.1, 0.15) is 0 Å². The highest BCUT2D eigenvalue weighted by Gasteiger charge is 2.18. The summed E-state index contributed by atoms with van der Waals surface area (Å²) >= 11 is 5.88. The van der Waals surface area contributed by atoms with Gasteiger partial charge in [0.15, 0.2) is 0 Å². The van der Waals surface area contributed by atoms with Gasteiger partial charge in [0.2, 0.25) is 0 Å². The van der Waals surface area contributed by atoms with E-state index in [0.29, 0.717) is 6.04 Å². The Morgan fingerprint density at radius 3 is 3.09 bits per heavy atom. The van der Waals surface area contributed by atoms with Crippen LogP contribution in [0.4, 0.5) is 0 Å². The van der Waals surface area contributed by atoms with Crippen molar-refractivity contribution in [2.45, 2.75) is 25.8 Å². The van der Waals surface area contributed by atoms with Crippen molar-refractivity contribution in [3.05, 3.63) is 11.6 Å². The molecule has 2 nitrogen and oxygen atoms in total. The van der Waals surface area contributed by atoms with Crippen molar-refractivity contribution in [2.24, 2.45) is 0 Å². The summed E-state index contributed by atoms with van der Waals surface area (Å²) in [5.41, 5.74) is 1.33. The number of aliphatic hydroxyl groups is 1. The summed E-state index contributed by atoms with van der Waals surface area (Å²) in [7, 11) is 0. The minimum Gasteiger partial charge on any atom is -0.392 e. The molecule has 1 N–H and O–H groups in total. The first-order chi connectivity index (χ1) is 5.24. The predicted octanol–water partition coefficient (Wildman–Crippen LogP) is 1.54. The fourth-order valence-electron chi connectivity index (χ4n) is 1.37. The molecule has 1 aliphatic heterocycles. The van der Waals surface area contributed by atoms with Crippen LogP contribution in [0.1, 0.15) is 19.8 Å². The predicted molar refractivity (Wildman–Crippen MR) is 46.4 cm³/mol. The minimum atomic E-state index is 0.157. The van der Waals surface area contributed by atoms with Gasteiger partial charge >= 0.3 is 0 Å². The Morgan fingerprint density at radius 2 is 2.55 bits per heavy atom. The van der Waals surface area contributed by atoms with Crippen LogP contribution in [0.15, 0.2) is 11.6 Å². The number of halogens is 1. The van der Waals surface area contributed by atoms with E-state index >= 15 is 0 Å². The highest BCUT2D eigenvalue weighted by atomic mass is 35.5. The molecule has 0 aromatic carbocycles. The van der Waals surface area contributed by atoms with Crippen LogP contribution >= 0.6 is 11.8 Å². The first-order valence-electron chi connectivity index (χ1n) is 3.95. The van der Waals surface area contributed by atoms with Crippen molar-refractivity contribution < 1.29 is 5.11 Å². The second-order valence-corrected chi connectivity index (χ2v) is 3.41. The van der Waals surface area contributed by atoms with E-state index in [0.717, 1.165) is 19.4 Å². The van der Waals surface area contributed by atoms with Crippen molar-refractivity contribution in [1.82, 2.24) is 4.42 Å². The molecule has 0 saturated carbocycles.